The minimum atomic E-state index is -0.591. The molecule has 3 rings (SSSR count). The summed E-state index contributed by atoms with van der Waals surface area (Å²) in [6.07, 6.45) is 5.36. The lowest BCUT2D eigenvalue weighted by molar-refractivity contribution is 0.0422. The molecular weight excluding hydrogens is 468 g/mol. The zero-order valence-corrected chi connectivity index (χ0v) is 19.3. The Morgan fingerprint density at radius 3 is 1.42 bits per heavy atom. The van der Waals surface area contributed by atoms with Crippen molar-refractivity contribution in [3.63, 3.8) is 0 Å². The SMILES string of the molecule is NC(N)=Nc1cnccc1O[C@H]1C[C@@H](Oc2ccncc2N=C(N)N)[C@H](N=C(N)N)C[C@@H]1N=C(N)N. The quantitative estimate of drug-likeness (QED) is 0.139. The number of ether oxygens (including phenoxy) is 2. The van der Waals surface area contributed by atoms with Crippen LogP contribution in [0.15, 0.2) is 56.9 Å². The maximum atomic E-state index is 6.27. The molecule has 0 aliphatic heterocycles. The van der Waals surface area contributed by atoms with E-state index in [1.165, 1.54) is 24.8 Å². The molecule has 0 spiro atoms. The number of nitrogens with two attached hydrogens (primary N) is 8. The summed E-state index contributed by atoms with van der Waals surface area (Å²) in [6.45, 7) is 0. The van der Waals surface area contributed by atoms with Crippen LogP contribution in [0.4, 0.5) is 11.4 Å². The molecule has 1 aliphatic rings. The van der Waals surface area contributed by atoms with Gasteiger partial charge in [-0.25, -0.2) is 20.0 Å². The van der Waals surface area contributed by atoms with Crippen molar-refractivity contribution in [3.05, 3.63) is 36.9 Å². The Morgan fingerprint density at radius 1 is 0.639 bits per heavy atom. The number of hydrogen-bond donors (Lipinski definition) is 8. The van der Waals surface area contributed by atoms with Gasteiger partial charge in [0.1, 0.15) is 35.1 Å². The molecule has 192 valence electrons. The minimum absolute atomic E-state index is 0.125. The van der Waals surface area contributed by atoms with E-state index in [2.05, 4.69) is 29.9 Å². The van der Waals surface area contributed by atoms with Crippen LogP contribution < -0.4 is 55.3 Å². The highest BCUT2D eigenvalue weighted by Gasteiger charge is 2.41. The van der Waals surface area contributed by atoms with E-state index < -0.39 is 24.3 Å². The fourth-order valence-corrected chi connectivity index (χ4v) is 3.72. The van der Waals surface area contributed by atoms with Gasteiger partial charge in [-0.15, -0.1) is 0 Å². The summed E-state index contributed by atoms with van der Waals surface area (Å²) in [5.41, 5.74) is 45.6. The molecule has 0 aromatic carbocycles. The Hall–Kier alpha value is -5.02. The summed E-state index contributed by atoms with van der Waals surface area (Å²) in [6, 6.07) is 2.17. The summed E-state index contributed by atoms with van der Waals surface area (Å²) in [4.78, 5) is 24.9. The van der Waals surface area contributed by atoms with Crippen LogP contribution >= 0.6 is 0 Å². The lowest BCUT2D eigenvalue weighted by Gasteiger charge is -2.38. The van der Waals surface area contributed by atoms with Gasteiger partial charge < -0.3 is 55.3 Å². The van der Waals surface area contributed by atoms with Gasteiger partial charge in [-0.3, -0.25) is 9.97 Å². The van der Waals surface area contributed by atoms with Gasteiger partial charge in [-0.2, -0.15) is 0 Å². The van der Waals surface area contributed by atoms with E-state index in [0.717, 1.165) is 0 Å². The molecule has 2 heterocycles. The Balaban J connectivity index is 1.99. The van der Waals surface area contributed by atoms with Gasteiger partial charge in [0.2, 0.25) is 0 Å². The van der Waals surface area contributed by atoms with Crippen molar-refractivity contribution in [1.29, 1.82) is 0 Å². The molecule has 36 heavy (non-hydrogen) atoms. The number of guanidine groups is 4. The first-order valence-electron chi connectivity index (χ1n) is 10.7. The van der Waals surface area contributed by atoms with Crippen LogP contribution in [0.5, 0.6) is 11.5 Å². The lowest BCUT2D eigenvalue weighted by atomic mass is 9.86. The predicted molar refractivity (Wildman–Crippen MR) is 137 cm³/mol. The van der Waals surface area contributed by atoms with Gasteiger partial charge in [0.15, 0.2) is 23.8 Å². The van der Waals surface area contributed by atoms with Crippen molar-refractivity contribution in [3.8, 4) is 11.5 Å². The van der Waals surface area contributed by atoms with Crippen LogP contribution in [-0.2, 0) is 0 Å². The fourth-order valence-electron chi connectivity index (χ4n) is 3.72. The van der Waals surface area contributed by atoms with Crippen LogP contribution in [0.25, 0.3) is 0 Å². The Bertz CT molecular complexity index is 1080. The van der Waals surface area contributed by atoms with Crippen LogP contribution in [0.2, 0.25) is 0 Å². The maximum absolute atomic E-state index is 6.27. The average molecular weight is 499 g/mol. The highest BCUT2D eigenvalue weighted by atomic mass is 16.5. The minimum Gasteiger partial charge on any atom is -0.486 e. The van der Waals surface area contributed by atoms with Crippen molar-refractivity contribution in [2.45, 2.75) is 37.1 Å². The second kappa shape index (κ2) is 11.4. The first-order valence-corrected chi connectivity index (χ1v) is 10.7. The Morgan fingerprint density at radius 2 is 1.06 bits per heavy atom. The largest absolute Gasteiger partial charge is 0.486 e. The van der Waals surface area contributed by atoms with Gasteiger partial charge in [-0.05, 0) is 6.42 Å². The number of rotatable bonds is 8. The first kappa shape index (κ1) is 25.6. The first-order chi connectivity index (χ1) is 17.1. The lowest BCUT2D eigenvalue weighted by Crippen LogP contribution is -2.50. The summed E-state index contributed by atoms with van der Waals surface area (Å²) >= 11 is 0. The van der Waals surface area contributed by atoms with E-state index in [9.17, 15) is 0 Å². The van der Waals surface area contributed by atoms with E-state index in [1.54, 1.807) is 12.1 Å². The van der Waals surface area contributed by atoms with Crippen molar-refractivity contribution in [2.75, 3.05) is 0 Å². The summed E-state index contributed by atoms with van der Waals surface area (Å²) in [5.74, 6) is 0.165. The molecular formula is C20H30N14O2. The van der Waals surface area contributed by atoms with E-state index in [0.29, 0.717) is 22.9 Å². The number of nitrogens with zero attached hydrogens (tertiary/aromatic N) is 6. The van der Waals surface area contributed by atoms with Crippen molar-refractivity contribution in [2.24, 2.45) is 65.8 Å². The van der Waals surface area contributed by atoms with Gasteiger partial charge >= 0.3 is 0 Å². The third kappa shape index (κ3) is 6.99. The molecule has 0 bridgehead atoms. The number of hydrogen-bond acceptors (Lipinski definition) is 8. The number of aliphatic imine (C=N–C) groups is 4. The molecule has 16 heteroatoms. The summed E-state index contributed by atoms with van der Waals surface area (Å²) < 4.78 is 12.5. The third-order valence-electron chi connectivity index (χ3n) is 5.01. The predicted octanol–water partition coefficient (Wildman–Crippen LogP) is -2.44. The highest BCUT2D eigenvalue weighted by Crippen LogP contribution is 2.36. The van der Waals surface area contributed by atoms with Crippen LogP contribution in [0.1, 0.15) is 12.8 Å². The molecule has 4 atom stereocenters. The molecule has 2 aromatic heterocycles. The molecule has 0 radical (unpaired) electrons. The van der Waals surface area contributed by atoms with E-state index >= 15 is 0 Å². The summed E-state index contributed by atoms with van der Waals surface area (Å²) in [5, 5.41) is 0. The second-order valence-electron chi connectivity index (χ2n) is 7.79. The maximum Gasteiger partial charge on any atom is 0.191 e. The smallest absolute Gasteiger partial charge is 0.191 e. The van der Waals surface area contributed by atoms with Crippen LogP contribution in [0.3, 0.4) is 0 Å². The van der Waals surface area contributed by atoms with Crippen molar-refractivity contribution >= 4 is 35.2 Å². The van der Waals surface area contributed by atoms with Crippen LogP contribution in [-0.4, -0.2) is 58.1 Å². The summed E-state index contributed by atoms with van der Waals surface area (Å²) in [7, 11) is 0. The molecule has 16 nitrogen and oxygen atoms in total. The van der Waals surface area contributed by atoms with Gasteiger partial charge in [0, 0.05) is 30.9 Å². The van der Waals surface area contributed by atoms with E-state index in [1.807, 2.05) is 0 Å². The average Bonchev–Trinajstić information content (AvgIpc) is 2.77. The number of aromatic nitrogens is 2. The van der Waals surface area contributed by atoms with Gasteiger partial charge in [0.25, 0.3) is 0 Å². The Kier molecular flexibility index (Phi) is 8.11. The van der Waals surface area contributed by atoms with Gasteiger partial charge in [-0.1, -0.05) is 0 Å². The monoisotopic (exact) mass is 498 g/mol. The normalized spacial score (nSPS) is 20.9. The molecule has 1 aliphatic carbocycles. The molecule has 1 saturated carbocycles. The molecule has 2 aromatic rings. The molecule has 0 unspecified atom stereocenters. The van der Waals surface area contributed by atoms with E-state index in [4.69, 9.17) is 55.3 Å². The second-order valence-corrected chi connectivity index (χ2v) is 7.79. The molecule has 0 amide bonds. The van der Waals surface area contributed by atoms with Gasteiger partial charge in [0.05, 0.1) is 24.5 Å². The highest BCUT2D eigenvalue weighted by molar-refractivity contribution is 5.80. The van der Waals surface area contributed by atoms with Crippen LogP contribution in [0, 0.1) is 0 Å². The zero-order chi connectivity index (χ0) is 26.2. The molecule has 16 N–H and O–H groups in total. The Labute approximate surface area is 206 Å². The van der Waals surface area contributed by atoms with Crippen molar-refractivity contribution in [1.82, 2.24) is 9.97 Å². The standard InChI is InChI=1S/C20H30N14O2/c21-17(22)31-9-5-10(32-18(23)24)16(36-14-2-4-30-8-12(14)34-20(27)28)6-15(9)35-13-1-3-29-7-11(13)33-19(25)26/h1-4,7-10,15-16H,5-6H2,(H4,21,22,31)(H4,23,24,32)(H4,25,26,33)(H4,27,28,34)/t9-,10+,15-,16+. The molecule has 1 fully saturated rings. The topological polar surface area (TPSA) is 302 Å². The van der Waals surface area contributed by atoms with E-state index in [-0.39, 0.29) is 36.7 Å². The third-order valence-corrected chi connectivity index (χ3v) is 5.01. The van der Waals surface area contributed by atoms with Crippen molar-refractivity contribution < 1.29 is 9.47 Å². The zero-order valence-electron chi connectivity index (χ0n) is 19.3. The number of pyridine rings is 2. The fraction of sp³-hybridized carbons (Fsp3) is 0.300. The molecule has 0 saturated heterocycles.